The zero-order valence-electron chi connectivity index (χ0n) is 9.93. The van der Waals surface area contributed by atoms with E-state index in [1.165, 1.54) is 0 Å². The van der Waals surface area contributed by atoms with Gasteiger partial charge in [-0.3, -0.25) is 10.8 Å². The number of nitrogens with one attached hydrogen (secondary N) is 1. The lowest BCUT2D eigenvalue weighted by Crippen LogP contribution is -2.29. The van der Waals surface area contributed by atoms with Crippen molar-refractivity contribution in [3.05, 3.63) is 58.9 Å². The second-order valence-electron chi connectivity index (χ2n) is 3.75. The molecule has 0 amide bonds. The highest BCUT2D eigenvalue weighted by Crippen LogP contribution is 2.29. The maximum Gasteiger partial charge on any atom is 0.137 e. The van der Waals surface area contributed by atoms with Crippen LogP contribution in [-0.4, -0.2) is 12.1 Å². The quantitative estimate of drug-likeness (QED) is 0.656. The molecule has 0 aliphatic carbocycles. The zero-order chi connectivity index (χ0) is 13.0. The number of methoxy groups -OCH3 is 1. The molecule has 0 saturated carbocycles. The van der Waals surface area contributed by atoms with Crippen LogP contribution in [0.25, 0.3) is 0 Å². The van der Waals surface area contributed by atoms with Gasteiger partial charge in [-0.05, 0) is 29.8 Å². The minimum atomic E-state index is -0.197. The molecule has 2 rings (SSSR count). The Kier molecular flexibility index (Phi) is 4.15. The summed E-state index contributed by atoms with van der Waals surface area (Å²) < 4.78 is 5.20. The van der Waals surface area contributed by atoms with Crippen LogP contribution in [0.4, 0.5) is 0 Å². The van der Waals surface area contributed by atoms with Crippen molar-refractivity contribution in [1.29, 1.82) is 0 Å². The minimum absolute atomic E-state index is 0.197. The third-order valence-electron chi connectivity index (χ3n) is 2.66. The van der Waals surface area contributed by atoms with E-state index in [1.54, 1.807) is 19.4 Å². The number of pyridine rings is 1. The van der Waals surface area contributed by atoms with Crippen molar-refractivity contribution in [1.82, 2.24) is 10.4 Å². The van der Waals surface area contributed by atoms with Crippen LogP contribution in [0.15, 0.2) is 42.6 Å². The molecule has 1 aromatic carbocycles. The Balaban J connectivity index is 2.39. The van der Waals surface area contributed by atoms with E-state index in [0.717, 1.165) is 11.3 Å². The summed E-state index contributed by atoms with van der Waals surface area (Å²) in [7, 11) is 1.58. The predicted octanol–water partition coefficient (Wildman–Crippen LogP) is 2.30. The van der Waals surface area contributed by atoms with E-state index in [1.807, 2.05) is 30.3 Å². The largest absolute Gasteiger partial charge is 0.495 e. The topological polar surface area (TPSA) is 60.2 Å². The third kappa shape index (κ3) is 2.61. The summed E-state index contributed by atoms with van der Waals surface area (Å²) in [6.07, 6.45) is 1.73. The molecule has 0 bridgehead atoms. The van der Waals surface area contributed by atoms with E-state index in [2.05, 4.69) is 10.4 Å². The maximum absolute atomic E-state index is 6.00. The van der Waals surface area contributed by atoms with Crippen molar-refractivity contribution in [2.24, 2.45) is 5.84 Å². The van der Waals surface area contributed by atoms with E-state index in [4.69, 9.17) is 22.2 Å². The van der Waals surface area contributed by atoms with Crippen LogP contribution in [0.3, 0.4) is 0 Å². The Hall–Kier alpha value is -1.62. The number of hydrazine groups is 1. The fourth-order valence-electron chi connectivity index (χ4n) is 1.76. The summed E-state index contributed by atoms with van der Waals surface area (Å²) in [5.74, 6) is 6.22. The van der Waals surface area contributed by atoms with Crippen LogP contribution < -0.4 is 16.0 Å². The Labute approximate surface area is 111 Å². The molecule has 1 unspecified atom stereocenters. The molecule has 4 nitrogen and oxygen atoms in total. The molecule has 0 fully saturated rings. The first kappa shape index (κ1) is 12.8. The van der Waals surface area contributed by atoms with Crippen LogP contribution in [0, 0.1) is 0 Å². The summed E-state index contributed by atoms with van der Waals surface area (Å²) in [4.78, 5) is 4.29. The van der Waals surface area contributed by atoms with Gasteiger partial charge in [-0.1, -0.05) is 23.7 Å². The smallest absolute Gasteiger partial charge is 0.137 e. The Bertz CT molecular complexity index is 519. The second-order valence-corrected chi connectivity index (χ2v) is 4.16. The fourth-order valence-corrected chi connectivity index (χ4v) is 1.95. The van der Waals surface area contributed by atoms with E-state index < -0.39 is 0 Å². The lowest BCUT2D eigenvalue weighted by atomic mass is 10.0. The van der Waals surface area contributed by atoms with Crippen molar-refractivity contribution in [2.75, 3.05) is 7.11 Å². The highest BCUT2D eigenvalue weighted by Gasteiger charge is 2.15. The summed E-state index contributed by atoms with van der Waals surface area (Å²) in [5, 5.41) is 0.568. The molecule has 1 heterocycles. The number of nitrogens with two attached hydrogens (primary N) is 1. The van der Waals surface area contributed by atoms with Crippen LogP contribution in [0.1, 0.15) is 17.3 Å². The first-order valence-corrected chi connectivity index (χ1v) is 5.84. The Morgan fingerprint density at radius 1 is 1.33 bits per heavy atom. The number of ether oxygens (including phenoxy) is 1. The second kappa shape index (κ2) is 5.82. The number of halogens is 1. The normalized spacial score (nSPS) is 12.2. The third-order valence-corrected chi connectivity index (χ3v) is 2.97. The molecule has 3 N–H and O–H groups in total. The Morgan fingerprint density at radius 3 is 2.78 bits per heavy atom. The molecule has 5 heteroatoms. The molecule has 18 heavy (non-hydrogen) atoms. The fraction of sp³-hybridized carbons (Fsp3) is 0.154. The zero-order valence-corrected chi connectivity index (χ0v) is 10.7. The van der Waals surface area contributed by atoms with Gasteiger partial charge in [-0.25, -0.2) is 5.43 Å². The van der Waals surface area contributed by atoms with Gasteiger partial charge < -0.3 is 4.74 Å². The summed E-state index contributed by atoms with van der Waals surface area (Å²) in [6, 6.07) is 11.0. The molecule has 0 radical (unpaired) electrons. The van der Waals surface area contributed by atoms with E-state index in [9.17, 15) is 0 Å². The van der Waals surface area contributed by atoms with Crippen LogP contribution >= 0.6 is 11.6 Å². The summed E-state index contributed by atoms with van der Waals surface area (Å²) >= 11 is 6.00. The molecule has 0 spiro atoms. The highest BCUT2D eigenvalue weighted by molar-refractivity contribution is 6.32. The molecular formula is C13H14ClN3O. The standard InChI is InChI=1S/C13H14ClN3O/c1-18-12-8-9(5-6-10(12)14)13(17-15)11-4-2-3-7-16-11/h2-8,13,17H,15H2,1H3. The van der Waals surface area contributed by atoms with Gasteiger partial charge in [0.2, 0.25) is 0 Å². The van der Waals surface area contributed by atoms with Gasteiger partial charge >= 0.3 is 0 Å². The van der Waals surface area contributed by atoms with E-state index in [0.29, 0.717) is 10.8 Å². The molecule has 1 atom stereocenters. The SMILES string of the molecule is COc1cc(C(NN)c2ccccn2)ccc1Cl. The van der Waals surface area contributed by atoms with Gasteiger partial charge in [0.25, 0.3) is 0 Å². The number of aromatic nitrogens is 1. The lowest BCUT2D eigenvalue weighted by molar-refractivity contribution is 0.414. The van der Waals surface area contributed by atoms with Gasteiger partial charge in [0.05, 0.1) is 23.9 Å². The van der Waals surface area contributed by atoms with E-state index >= 15 is 0 Å². The molecule has 0 aliphatic rings. The first-order chi connectivity index (χ1) is 8.76. The number of hydrogen-bond donors (Lipinski definition) is 2. The number of rotatable bonds is 4. The van der Waals surface area contributed by atoms with Crippen LogP contribution in [-0.2, 0) is 0 Å². The summed E-state index contributed by atoms with van der Waals surface area (Å²) in [6.45, 7) is 0. The van der Waals surface area contributed by atoms with Crippen molar-refractivity contribution >= 4 is 11.6 Å². The number of benzene rings is 1. The number of nitrogens with zero attached hydrogens (tertiary/aromatic N) is 1. The first-order valence-electron chi connectivity index (χ1n) is 5.46. The van der Waals surface area contributed by atoms with Gasteiger partial charge in [-0.2, -0.15) is 0 Å². The molecular weight excluding hydrogens is 250 g/mol. The highest BCUT2D eigenvalue weighted by atomic mass is 35.5. The van der Waals surface area contributed by atoms with Crippen LogP contribution in [0.5, 0.6) is 5.75 Å². The molecule has 2 aromatic rings. The molecule has 94 valence electrons. The molecule has 0 aliphatic heterocycles. The van der Waals surface area contributed by atoms with Gasteiger partial charge in [-0.15, -0.1) is 0 Å². The number of hydrogen-bond acceptors (Lipinski definition) is 4. The van der Waals surface area contributed by atoms with Crippen molar-refractivity contribution in [3.63, 3.8) is 0 Å². The van der Waals surface area contributed by atoms with Gasteiger partial charge in [0, 0.05) is 6.20 Å². The minimum Gasteiger partial charge on any atom is -0.495 e. The van der Waals surface area contributed by atoms with Crippen molar-refractivity contribution < 1.29 is 4.74 Å². The molecule has 1 aromatic heterocycles. The molecule has 0 saturated heterocycles. The monoisotopic (exact) mass is 263 g/mol. The van der Waals surface area contributed by atoms with Gasteiger partial charge in [0.1, 0.15) is 5.75 Å². The van der Waals surface area contributed by atoms with Crippen molar-refractivity contribution in [3.8, 4) is 5.75 Å². The average molecular weight is 264 g/mol. The lowest BCUT2D eigenvalue weighted by Gasteiger charge is -2.16. The van der Waals surface area contributed by atoms with Gasteiger partial charge in [0.15, 0.2) is 0 Å². The predicted molar refractivity (Wildman–Crippen MR) is 71.4 cm³/mol. The van der Waals surface area contributed by atoms with E-state index in [-0.39, 0.29) is 6.04 Å². The Morgan fingerprint density at radius 2 is 2.17 bits per heavy atom. The summed E-state index contributed by atoms with van der Waals surface area (Å²) in [5.41, 5.74) is 4.52. The van der Waals surface area contributed by atoms with Crippen LogP contribution in [0.2, 0.25) is 5.02 Å². The average Bonchev–Trinajstić information content (AvgIpc) is 2.42. The maximum atomic E-state index is 6.00. The van der Waals surface area contributed by atoms with Crippen molar-refractivity contribution in [2.45, 2.75) is 6.04 Å².